The molecule has 10 N–H and O–H groups in total. The summed E-state index contributed by atoms with van der Waals surface area (Å²) in [7, 11) is -2.11. The zero-order chi connectivity index (χ0) is 33.5. The Kier molecular flexibility index (Phi) is 30.3. The Morgan fingerprint density at radius 1 is 0.814 bits per heavy atom. The van der Waals surface area contributed by atoms with Crippen molar-refractivity contribution in [2.75, 3.05) is 26.8 Å². The number of benzene rings is 1. The first kappa shape index (κ1) is 42.9. The second-order valence-corrected chi connectivity index (χ2v) is 8.37. The van der Waals surface area contributed by atoms with Crippen LogP contribution in [0.2, 0.25) is 0 Å². The van der Waals surface area contributed by atoms with Crippen LogP contribution in [0.4, 0.5) is 0 Å². The van der Waals surface area contributed by atoms with E-state index in [9.17, 15) is 14.4 Å². The van der Waals surface area contributed by atoms with E-state index in [-0.39, 0.29) is 18.4 Å². The van der Waals surface area contributed by atoms with Crippen LogP contribution in [0.1, 0.15) is 48.5 Å². The molecule has 1 aromatic heterocycles. The molecule has 0 unspecified atom stereocenters. The highest BCUT2D eigenvalue weighted by Crippen LogP contribution is 2.06. The zero-order valence-corrected chi connectivity index (χ0v) is 25.5. The number of hydrogen-bond acceptors (Lipinski definition) is 11. The molecule has 14 nitrogen and oxygen atoms in total. The first-order chi connectivity index (χ1) is 20.5. The fourth-order valence-electron chi connectivity index (χ4n) is 2.73. The second kappa shape index (κ2) is 30.4. The van der Waals surface area contributed by atoms with Crippen LogP contribution in [0, 0.1) is 6.92 Å². The van der Waals surface area contributed by atoms with E-state index in [0.717, 1.165) is 45.9 Å². The molecule has 0 bridgehead atoms. The molecule has 1 aromatic carbocycles. The van der Waals surface area contributed by atoms with Gasteiger partial charge in [-0.3, -0.25) is 19.4 Å². The van der Waals surface area contributed by atoms with Crippen LogP contribution in [0.3, 0.4) is 0 Å². The van der Waals surface area contributed by atoms with Gasteiger partial charge in [-0.15, -0.1) is 12.6 Å². The third-order valence-electron chi connectivity index (χ3n) is 4.61. The minimum atomic E-state index is -3.11. The molecule has 4 rings (SSSR count). The van der Waals surface area contributed by atoms with Gasteiger partial charge in [-0.25, -0.2) is 0 Å². The number of nitrogens with one attached hydrogen (secondary N) is 2. The van der Waals surface area contributed by atoms with E-state index in [0.29, 0.717) is 16.7 Å². The van der Waals surface area contributed by atoms with Gasteiger partial charge < -0.3 is 38.0 Å². The summed E-state index contributed by atoms with van der Waals surface area (Å²) in [6, 6.07) is 13.5. The maximum absolute atomic E-state index is 10.5. The van der Waals surface area contributed by atoms with Crippen molar-refractivity contribution in [1.82, 2.24) is 15.6 Å². The van der Waals surface area contributed by atoms with Gasteiger partial charge in [-0.2, -0.15) is 0 Å². The molecule has 2 aliphatic rings. The van der Waals surface area contributed by atoms with Crippen LogP contribution in [-0.2, 0) is 20.2 Å². The number of nitrogens with two attached hydrogens (primary N) is 3. The highest BCUT2D eigenvalue weighted by atomic mass is 32.2. The molecule has 240 valence electrons. The lowest BCUT2D eigenvalue weighted by molar-refractivity contribution is -0.115. The number of aliphatic hydroxyl groups is 2. The van der Waals surface area contributed by atoms with Crippen molar-refractivity contribution in [1.29, 1.82) is 0 Å². The van der Waals surface area contributed by atoms with Crippen LogP contribution >= 0.6 is 0 Å². The summed E-state index contributed by atoms with van der Waals surface area (Å²) in [5.74, 6) is -1.05. The van der Waals surface area contributed by atoms with E-state index in [1.165, 1.54) is 11.8 Å². The number of rotatable bonds is 3. The number of pyridine rings is 1. The molecule has 0 saturated heterocycles. The monoisotopic (exact) mass is 624 g/mol. The van der Waals surface area contributed by atoms with Gasteiger partial charge in [-0.1, -0.05) is 35.9 Å². The predicted molar refractivity (Wildman–Crippen MR) is 164 cm³/mol. The summed E-state index contributed by atoms with van der Waals surface area (Å²) in [6.07, 6.45) is 10.1. The van der Waals surface area contributed by atoms with Crippen molar-refractivity contribution in [2.45, 2.75) is 39.5 Å². The Balaban J connectivity index is -0.000000456. The molecule has 3 amide bonds. The second-order valence-electron chi connectivity index (χ2n) is 7.96. The molecular weight excluding hydrogens is 580 g/mol. The first-order valence-corrected chi connectivity index (χ1v) is 13.9. The zero-order valence-electron chi connectivity index (χ0n) is 24.7. The molecule has 0 fully saturated rings. The molecular formula is C28H44N6O8S. The van der Waals surface area contributed by atoms with E-state index >= 15 is 0 Å². The minimum absolute atomic E-state index is 0.250. The molecule has 0 aliphatic carbocycles. The number of amides is 3. The van der Waals surface area contributed by atoms with Gasteiger partial charge in [0.25, 0.3) is 0 Å². The van der Waals surface area contributed by atoms with Gasteiger partial charge in [0.05, 0.1) is 5.56 Å². The lowest BCUT2D eigenvalue weighted by Crippen LogP contribution is -2.22. The summed E-state index contributed by atoms with van der Waals surface area (Å²) < 4.78 is 25.3. The third kappa shape index (κ3) is 30.2. The maximum atomic E-state index is 10.5. The smallest absolute Gasteiger partial charge is 0.400 e. The largest absolute Gasteiger partial charge is 0.425 e. The molecule has 0 atom stereocenters. The Labute approximate surface area is 254 Å². The van der Waals surface area contributed by atoms with Crippen molar-refractivity contribution in [3.05, 3.63) is 89.5 Å². The van der Waals surface area contributed by atoms with E-state index in [1.807, 2.05) is 18.2 Å². The number of carbonyl (C=O) groups is 3. The average Bonchev–Trinajstić information content (AvgIpc) is 3.01. The molecule has 0 radical (unpaired) electrons. The lowest BCUT2D eigenvalue weighted by Gasteiger charge is -2.10. The van der Waals surface area contributed by atoms with Gasteiger partial charge >= 0.3 is 10.6 Å². The number of hydrogen-bond donors (Lipinski definition) is 7. The Hall–Kier alpha value is -4.60. The maximum Gasteiger partial charge on any atom is 0.425 e. The van der Waals surface area contributed by atoms with Crippen LogP contribution in [0.25, 0.3) is 0 Å². The van der Waals surface area contributed by atoms with Gasteiger partial charge in [0, 0.05) is 62.7 Å². The van der Waals surface area contributed by atoms with Crippen molar-refractivity contribution in [3.63, 3.8) is 0 Å². The molecule has 15 heteroatoms. The number of aryl methyl sites for hydroxylation is 1. The summed E-state index contributed by atoms with van der Waals surface area (Å²) in [4.78, 5) is 35.0. The van der Waals surface area contributed by atoms with Gasteiger partial charge in [0.2, 0.25) is 17.7 Å². The molecule has 3 heterocycles. The van der Waals surface area contributed by atoms with Crippen molar-refractivity contribution in [3.8, 4) is 0 Å². The third-order valence-corrected chi connectivity index (χ3v) is 4.61. The minimum Gasteiger partial charge on any atom is -0.400 e. The van der Waals surface area contributed by atoms with E-state index in [4.69, 9.17) is 40.0 Å². The van der Waals surface area contributed by atoms with E-state index in [1.54, 1.807) is 37.7 Å². The number of carbonyl (C=O) groups excluding carboxylic acids is 3. The van der Waals surface area contributed by atoms with Gasteiger partial charge in [-0.05, 0) is 51.7 Å². The summed E-state index contributed by atoms with van der Waals surface area (Å²) in [6.45, 7) is 5.92. The Morgan fingerprint density at radius 2 is 1.23 bits per heavy atom. The number of primary amides is 3. The standard InChI is InChI=1S/C7H8.2C6H10N2O.C6H6N2O.C2H6O.CH4O.O3S/c1-7-5-3-2-4-6-7;3*7-6(9)5-2-1-3-8-4-5;1-2-3;1-2;1-4(2)3/h2-6H,1H3;2*4,8H,1-3H2,(H2,7,9);1-4H,(H2,7,9);3H,2H2,1H3;2H,1H3;. The van der Waals surface area contributed by atoms with Crippen LogP contribution in [0.5, 0.6) is 0 Å². The van der Waals surface area contributed by atoms with Gasteiger partial charge in [0.15, 0.2) is 0 Å². The van der Waals surface area contributed by atoms with Crippen molar-refractivity contribution in [2.24, 2.45) is 17.2 Å². The highest BCUT2D eigenvalue weighted by molar-refractivity contribution is 7.59. The Morgan fingerprint density at radius 3 is 1.42 bits per heavy atom. The molecule has 0 saturated carbocycles. The average molecular weight is 625 g/mol. The van der Waals surface area contributed by atoms with E-state index < -0.39 is 16.5 Å². The normalized spacial score (nSPS) is 11.9. The Bertz CT molecular complexity index is 1150. The molecule has 2 aliphatic heterocycles. The van der Waals surface area contributed by atoms with Crippen molar-refractivity contribution < 1.29 is 37.2 Å². The quantitative estimate of drug-likeness (QED) is 0.243. The summed E-state index contributed by atoms with van der Waals surface area (Å²) >= 11 is 0. The summed E-state index contributed by atoms with van der Waals surface area (Å²) in [5.41, 5.74) is 18.2. The fourth-order valence-corrected chi connectivity index (χ4v) is 2.73. The highest BCUT2D eigenvalue weighted by Gasteiger charge is 2.07. The predicted octanol–water partition coefficient (Wildman–Crippen LogP) is 0.257. The van der Waals surface area contributed by atoms with Crippen LogP contribution in [-0.4, -0.2) is 72.4 Å². The molecule has 0 spiro atoms. The number of aliphatic hydroxyl groups excluding tert-OH is 2. The molecule has 43 heavy (non-hydrogen) atoms. The van der Waals surface area contributed by atoms with Crippen LogP contribution in [0.15, 0.2) is 78.4 Å². The van der Waals surface area contributed by atoms with Gasteiger partial charge in [0.1, 0.15) is 0 Å². The number of nitrogens with zero attached hydrogens (tertiary/aromatic N) is 1. The van der Waals surface area contributed by atoms with Crippen LogP contribution < -0.4 is 27.8 Å². The van der Waals surface area contributed by atoms with E-state index in [2.05, 4.69) is 34.7 Å². The first-order valence-electron chi connectivity index (χ1n) is 12.9. The molecule has 2 aromatic rings. The topological polar surface area (TPSA) is 258 Å². The SMILES string of the molecule is CCO.CO.Cc1ccccc1.NC(=O)C1=CNCCC1.NC(=O)C1=CNCCC1.NC(=O)c1cccnc1.O=S(=O)=O. The fraction of sp³-hybridized carbons (Fsp3) is 0.357. The number of aromatic nitrogens is 1. The van der Waals surface area contributed by atoms with Crippen molar-refractivity contribution >= 4 is 28.3 Å². The summed E-state index contributed by atoms with van der Waals surface area (Å²) in [5, 5.41) is 20.5. The lowest BCUT2D eigenvalue weighted by atomic mass is 10.1.